The Morgan fingerprint density at radius 1 is 1.48 bits per heavy atom. The Morgan fingerprint density at radius 2 is 2.29 bits per heavy atom. The first-order chi connectivity index (χ1) is 9.98. The van der Waals surface area contributed by atoms with Crippen molar-refractivity contribution < 1.29 is 13.6 Å². The minimum absolute atomic E-state index is 0.193. The minimum Gasteiger partial charge on any atom is -0.361 e. The van der Waals surface area contributed by atoms with Crippen LogP contribution >= 0.6 is 0 Å². The van der Waals surface area contributed by atoms with Crippen LogP contribution in [0, 0.1) is 5.92 Å². The second-order valence-electron chi connectivity index (χ2n) is 5.71. The molecular weight excluding hydrogens is 274 g/mol. The van der Waals surface area contributed by atoms with Crippen LogP contribution in [0.15, 0.2) is 24.4 Å². The highest BCUT2D eigenvalue weighted by Crippen LogP contribution is 2.39. The standard InChI is InChI=1S/C16H18F2N2O/c1-2-10-9-19-14-4-3-12(7-13(10)14)20-15(21)11-5-6-16(17,18)8-11/h3-4,7,9,11,19H,2,5-6,8H2,1H3,(H,20,21). The van der Waals surface area contributed by atoms with E-state index in [1.807, 2.05) is 18.3 Å². The van der Waals surface area contributed by atoms with Gasteiger partial charge in [-0.2, -0.15) is 0 Å². The van der Waals surface area contributed by atoms with Crippen LogP contribution in [-0.4, -0.2) is 16.8 Å². The average Bonchev–Trinajstić information content (AvgIpc) is 3.01. The molecule has 21 heavy (non-hydrogen) atoms. The minimum atomic E-state index is -2.69. The molecule has 112 valence electrons. The molecule has 0 spiro atoms. The lowest BCUT2D eigenvalue weighted by Crippen LogP contribution is -2.22. The molecule has 0 aliphatic heterocycles. The first kappa shape index (κ1) is 14.0. The number of aromatic amines is 1. The number of hydrogen-bond acceptors (Lipinski definition) is 1. The van der Waals surface area contributed by atoms with E-state index in [4.69, 9.17) is 0 Å². The molecule has 1 saturated carbocycles. The summed E-state index contributed by atoms with van der Waals surface area (Å²) in [7, 11) is 0. The van der Waals surface area contributed by atoms with Crippen molar-refractivity contribution >= 4 is 22.5 Å². The largest absolute Gasteiger partial charge is 0.361 e. The molecule has 0 saturated heterocycles. The van der Waals surface area contributed by atoms with Gasteiger partial charge in [-0.15, -0.1) is 0 Å². The highest BCUT2D eigenvalue weighted by molar-refractivity contribution is 5.96. The molecule has 5 heteroatoms. The number of H-pyrrole nitrogens is 1. The van der Waals surface area contributed by atoms with Gasteiger partial charge in [0.2, 0.25) is 11.8 Å². The summed E-state index contributed by atoms with van der Waals surface area (Å²) >= 11 is 0. The molecule has 2 aromatic rings. The Hall–Kier alpha value is -1.91. The number of hydrogen-bond donors (Lipinski definition) is 2. The van der Waals surface area contributed by atoms with E-state index in [-0.39, 0.29) is 25.2 Å². The number of halogens is 2. The molecule has 1 aromatic carbocycles. The zero-order chi connectivity index (χ0) is 15.0. The third-order valence-electron chi connectivity index (χ3n) is 4.19. The first-order valence-corrected chi connectivity index (χ1v) is 7.27. The zero-order valence-electron chi connectivity index (χ0n) is 11.9. The molecule has 1 atom stereocenters. The summed E-state index contributed by atoms with van der Waals surface area (Å²) in [5.74, 6) is -3.59. The molecule has 0 radical (unpaired) electrons. The normalized spacial score (nSPS) is 20.8. The second-order valence-corrected chi connectivity index (χ2v) is 5.71. The summed E-state index contributed by atoms with van der Waals surface area (Å²) in [5, 5.41) is 3.83. The van der Waals surface area contributed by atoms with Gasteiger partial charge < -0.3 is 10.3 Å². The lowest BCUT2D eigenvalue weighted by molar-refractivity contribution is -0.120. The molecule has 1 unspecified atom stereocenters. The third-order valence-corrected chi connectivity index (χ3v) is 4.19. The second kappa shape index (κ2) is 5.13. The lowest BCUT2D eigenvalue weighted by Gasteiger charge is -2.11. The Morgan fingerprint density at radius 3 is 2.95 bits per heavy atom. The molecule has 0 bridgehead atoms. The average molecular weight is 292 g/mol. The molecular formula is C16H18F2N2O. The molecule has 1 aliphatic rings. The number of benzene rings is 1. The number of alkyl halides is 2. The van der Waals surface area contributed by atoms with E-state index in [2.05, 4.69) is 17.2 Å². The molecule has 1 aromatic heterocycles. The summed E-state index contributed by atoms with van der Waals surface area (Å²) in [5.41, 5.74) is 2.85. The van der Waals surface area contributed by atoms with Crippen molar-refractivity contribution in [2.45, 2.75) is 38.5 Å². The quantitative estimate of drug-likeness (QED) is 0.878. The van der Waals surface area contributed by atoms with E-state index in [1.54, 1.807) is 6.07 Å². The van der Waals surface area contributed by atoms with Crippen LogP contribution in [0.3, 0.4) is 0 Å². The number of carbonyl (C=O) groups is 1. The summed E-state index contributed by atoms with van der Waals surface area (Å²) < 4.78 is 26.3. The predicted molar refractivity (Wildman–Crippen MR) is 78.6 cm³/mol. The van der Waals surface area contributed by atoms with E-state index in [9.17, 15) is 13.6 Å². The fraction of sp³-hybridized carbons (Fsp3) is 0.438. The Kier molecular flexibility index (Phi) is 3.43. The van der Waals surface area contributed by atoms with E-state index < -0.39 is 11.8 Å². The molecule has 2 N–H and O–H groups in total. The Balaban J connectivity index is 1.77. The Bertz CT molecular complexity index is 678. The van der Waals surface area contributed by atoms with Gasteiger partial charge in [-0.25, -0.2) is 8.78 Å². The predicted octanol–water partition coefficient (Wildman–Crippen LogP) is 4.10. The van der Waals surface area contributed by atoms with E-state index in [0.717, 1.165) is 17.3 Å². The molecule has 1 amide bonds. The van der Waals surface area contributed by atoms with Gasteiger partial charge in [0.15, 0.2) is 0 Å². The highest BCUT2D eigenvalue weighted by atomic mass is 19.3. The molecule has 1 heterocycles. The van der Waals surface area contributed by atoms with Gasteiger partial charge in [0, 0.05) is 41.5 Å². The SMILES string of the molecule is CCc1c[nH]c2ccc(NC(=O)C3CCC(F)(F)C3)cc12. The van der Waals surface area contributed by atoms with Crippen LogP contribution < -0.4 is 5.32 Å². The van der Waals surface area contributed by atoms with Crippen LogP contribution in [0.4, 0.5) is 14.5 Å². The maximum Gasteiger partial charge on any atom is 0.248 e. The van der Waals surface area contributed by atoms with Gasteiger partial charge in [0.25, 0.3) is 0 Å². The first-order valence-electron chi connectivity index (χ1n) is 7.27. The highest BCUT2D eigenvalue weighted by Gasteiger charge is 2.42. The number of fused-ring (bicyclic) bond motifs is 1. The van der Waals surface area contributed by atoms with Crippen molar-refractivity contribution in [3.8, 4) is 0 Å². The molecule has 1 aliphatic carbocycles. The molecule has 1 fully saturated rings. The van der Waals surface area contributed by atoms with Crippen LogP contribution in [-0.2, 0) is 11.2 Å². The maximum atomic E-state index is 13.2. The number of aryl methyl sites for hydroxylation is 1. The number of amides is 1. The maximum absolute atomic E-state index is 13.2. The molecule has 3 rings (SSSR count). The fourth-order valence-corrected chi connectivity index (χ4v) is 2.97. The monoisotopic (exact) mass is 292 g/mol. The lowest BCUT2D eigenvalue weighted by atomic mass is 10.1. The van der Waals surface area contributed by atoms with E-state index >= 15 is 0 Å². The molecule has 3 nitrogen and oxygen atoms in total. The van der Waals surface area contributed by atoms with Crippen LogP contribution in [0.1, 0.15) is 31.7 Å². The number of carbonyl (C=O) groups excluding carboxylic acids is 1. The van der Waals surface area contributed by atoms with Gasteiger partial charge in [-0.1, -0.05) is 6.92 Å². The van der Waals surface area contributed by atoms with Crippen molar-refractivity contribution in [3.63, 3.8) is 0 Å². The van der Waals surface area contributed by atoms with Crippen molar-refractivity contribution in [1.82, 2.24) is 4.98 Å². The summed E-state index contributed by atoms with van der Waals surface area (Å²) in [6.45, 7) is 2.06. The summed E-state index contributed by atoms with van der Waals surface area (Å²) in [6.07, 6.45) is 2.57. The zero-order valence-corrected chi connectivity index (χ0v) is 11.9. The van der Waals surface area contributed by atoms with Gasteiger partial charge in [0.1, 0.15) is 0 Å². The van der Waals surface area contributed by atoms with Crippen LogP contribution in [0.25, 0.3) is 10.9 Å². The van der Waals surface area contributed by atoms with Gasteiger partial charge in [-0.05, 0) is 36.6 Å². The van der Waals surface area contributed by atoms with Crippen molar-refractivity contribution in [2.75, 3.05) is 5.32 Å². The van der Waals surface area contributed by atoms with Gasteiger partial charge >= 0.3 is 0 Å². The number of nitrogens with one attached hydrogen (secondary N) is 2. The fourth-order valence-electron chi connectivity index (χ4n) is 2.97. The number of anilines is 1. The van der Waals surface area contributed by atoms with Gasteiger partial charge in [-0.3, -0.25) is 4.79 Å². The summed E-state index contributed by atoms with van der Waals surface area (Å²) in [6, 6.07) is 5.59. The summed E-state index contributed by atoms with van der Waals surface area (Å²) in [4.78, 5) is 15.3. The van der Waals surface area contributed by atoms with Crippen molar-refractivity contribution in [3.05, 3.63) is 30.0 Å². The van der Waals surface area contributed by atoms with Crippen LogP contribution in [0.2, 0.25) is 0 Å². The van der Waals surface area contributed by atoms with Gasteiger partial charge in [0.05, 0.1) is 0 Å². The number of aromatic nitrogens is 1. The topological polar surface area (TPSA) is 44.9 Å². The Labute approximate surface area is 121 Å². The van der Waals surface area contributed by atoms with E-state index in [0.29, 0.717) is 5.69 Å². The van der Waals surface area contributed by atoms with Crippen molar-refractivity contribution in [1.29, 1.82) is 0 Å². The third kappa shape index (κ3) is 2.77. The van der Waals surface area contributed by atoms with Crippen molar-refractivity contribution in [2.24, 2.45) is 5.92 Å². The number of rotatable bonds is 3. The van der Waals surface area contributed by atoms with E-state index in [1.165, 1.54) is 5.56 Å². The smallest absolute Gasteiger partial charge is 0.248 e. The van der Waals surface area contributed by atoms with Crippen LogP contribution in [0.5, 0.6) is 0 Å².